The second-order valence-electron chi connectivity index (χ2n) is 5.47. The van der Waals surface area contributed by atoms with Crippen LogP contribution in [0, 0.1) is 10.1 Å². The zero-order valence-corrected chi connectivity index (χ0v) is 14.8. The lowest BCUT2D eigenvalue weighted by Crippen LogP contribution is -1.93. The summed E-state index contributed by atoms with van der Waals surface area (Å²) in [4.78, 5) is 24.9. The molecule has 0 aliphatic heterocycles. The molecule has 1 heterocycles. The van der Waals surface area contributed by atoms with Gasteiger partial charge < -0.3 is 5.11 Å². The van der Waals surface area contributed by atoms with Crippen molar-refractivity contribution in [3.05, 3.63) is 94.5 Å². The molecule has 4 rings (SSSR count). The summed E-state index contributed by atoms with van der Waals surface area (Å²) in [5.41, 5.74) is 2.11. The number of nitro groups is 1. The molecule has 0 aliphatic rings. The Balaban J connectivity index is 0.000000197. The van der Waals surface area contributed by atoms with Gasteiger partial charge in [0.2, 0.25) is 0 Å². The number of nitrogens with zero attached hydrogens (tertiary/aromatic N) is 2. The van der Waals surface area contributed by atoms with Crippen LogP contribution in [0.15, 0.2) is 78.9 Å². The molecule has 0 atom stereocenters. The predicted molar refractivity (Wildman–Crippen MR) is 105 cm³/mol. The van der Waals surface area contributed by atoms with Gasteiger partial charge in [0, 0.05) is 17.7 Å². The predicted octanol–water partition coefficient (Wildman–Crippen LogP) is 5.26. The SMILES string of the molecule is O=C(O)c1ccccc1.O=[N+]([O-])c1ccc2sc(-c3ccccc3)nc2c1. The van der Waals surface area contributed by atoms with E-state index in [1.807, 2.05) is 30.3 Å². The molecule has 1 N–H and O–H groups in total. The summed E-state index contributed by atoms with van der Waals surface area (Å²) < 4.78 is 0.958. The third-order valence-electron chi connectivity index (χ3n) is 3.62. The molecule has 6 nitrogen and oxygen atoms in total. The van der Waals surface area contributed by atoms with E-state index in [-0.39, 0.29) is 5.69 Å². The van der Waals surface area contributed by atoms with E-state index in [0.717, 1.165) is 15.3 Å². The normalized spacial score (nSPS) is 10.1. The largest absolute Gasteiger partial charge is 0.478 e. The van der Waals surface area contributed by atoms with E-state index in [9.17, 15) is 14.9 Å². The van der Waals surface area contributed by atoms with E-state index < -0.39 is 10.9 Å². The second-order valence-corrected chi connectivity index (χ2v) is 6.50. The van der Waals surface area contributed by atoms with E-state index in [1.54, 1.807) is 36.4 Å². The van der Waals surface area contributed by atoms with Gasteiger partial charge in [-0.3, -0.25) is 10.1 Å². The summed E-state index contributed by atoms with van der Waals surface area (Å²) in [6.45, 7) is 0. The average molecular weight is 378 g/mol. The zero-order valence-electron chi connectivity index (χ0n) is 14.0. The highest BCUT2D eigenvalue weighted by atomic mass is 32.1. The smallest absolute Gasteiger partial charge is 0.335 e. The number of hydrogen-bond acceptors (Lipinski definition) is 5. The van der Waals surface area contributed by atoms with Crippen LogP contribution in [0.25, 0.3) is 20.8 Å². The van der Waals surface area contributed by atoms with Gasteiger partial charge in [0.05, 0.1) is 20.7 Å². The number of fused-ring (bicyclic) bond motifs is 1. The number of thiazole rings is 1. The number of carboxylic acids is 1. The fourth-order valence-electron chi connectivity index (χ4n) is 2.31. The summed E-state index contributed by atoms with van der Waals surface area (Å²) in [5.74, 6) is -0.879. The fourth-order valence-corrected chi connectivity index (χ4v) is 3.27. The number of non-ortho nitro benzene ring substituents is 1. The first-order valence-corrected chi connectivity index (χ1v) is 8.75. The van der Waals surface area contributed by atoms with Gasteiger partial charge in [0.1, 0.15) is 5.01 Å². The van der Waals surface area contributed by atoms with Crippen LogP contribution in [0.4, 0.5) is 5.69 Å². The summed E-state index contributed by atoms with van der Waals surface area (Å²) in [6.07, 6.45) is 0. The molecule has 0 amide bonds. The van der Waals surface area contributed by atoms with Crippen molar-refractivity contribution in [3.8, 4) is 10.6 Å². The highest BCUT2D eigenvalue weighted by molar-refractivity contribution is 7.21. The van der Waals surface area contributed by atoms with Crippen LogP contribution in [0.1, 0.15) is 10.4 Å². The van der Waals surface area contributed by atoms with Crippen LogP contribution in [0.3, 0.4) is 0 Å². The molecule has 7 heteroatoms. The minimum absolute atomic E-state index is 0.0763. The molecule has 0 radical (unpaired) electrons. The van der Waals surface area contributed by atoms with Crippen molar-refractivity contribution < 1.29 is 14.8 Å². The van der Waals surface area contributed by atoms with Crippen molar-refractivity contribution in [2.75, 3.05) is 0 Å². The van der Waals surface area contributed by atoms with Crippen LogP contribution in [0.5, 0.6) is 0 Å². The Labute approximate surface area is 158 Å². The van der Waals surface area contributed by atoms with Crippen molar-refractivity contribution in [2.24, 2.45) is 0 Å². The van der Waals surface area contributed by atoms with Gasteiger partial charge in [-0.2, -0.15) is 0 Å². The van der Waals surface area contributed by atoms with Crippen molar-refractivity contribution in [2.45, 2.75) is 0 Å². The Morgan fingerprint density at radius 3 is 2.15 bits per heavy atom. The van der Waals surface area contributed by atoms with Crippen LogP contribution >= 0.6 is 11.3 Å². The van der Waals surface area contributed by atoms with Gasteiger partial charge in [0.25, 0.3) is 5.69 Å². The molecule has 0 fully saturated rings. The highest BCUT2D eigenvalue weighted by Gasteiger charge is 2.10. The molecule has 4 aromatic rings. The van der Waals surface area contributed by atoms with Gasteiger partial charge in [-0.25, -0.2) is 9.78 Å². The molecule has 1 aromatic heterocycles. The zero-order chi connectivity index (χ0) is 19.2. The lowest BCUT2D eigenvalue weighted by molar-refractivity contribution is -0.384. The third kappa shape index (κ3) is 4.53. The Bertz CT molecular complexity index is 1080. The number of aromatic carboxylic acids is 1. The monoisotopic (exact) mass is 378 g/mol. The number of carboxylic acid groups (broad SMARTS) is 1. The first-order chi connectivity index (χ1) is 13.0. The highest BCUT2D eigenvalue weighted by Crippen LogP contribution is 2.31. The van der Waals surface area contributed by atoms with E-state index >= 15 is 0 Å². The lowest BCUT2D eigenvalue weighted by atomic mass is 10.2. The van der Waals surface area contributed by atoms with Gasteiger partial charge in [-0.1, -0.05) is 48.5 Å². The number of aromatic nitrogens is 1. The van der Waals surface area contributed by atoms with Crippen LogP contribution in [0.2, 0.25) is 0 Å². The molecule has 27 heavy (non-hydrogen) atoms. The van der Waals surface area contributed by atoms with Crippen molar-refractivity contribution >= 4 is 33.2 Å². The number of benzene rings is 3. The Morgan fingerprint density at radius 1 is 0.963 bits per heavy atom. The van der Waals surface area contributed by atoms with E-state index in [1.165, 1.54) is 23.5 Å². The van der Waals surface area contributed by atoms with Gasteiger partial charge in [-0.15, -0.1) is 11.3 Å². The van der Waals surface area contributed by atoms with Crippen LogP contribution < -0.4 is 0 Å². The van der Waals surface area contributed by atoms with E-state index in [4.69, 9.17) is 5.11 Å². The molecule has 0 saturated heterocycles. The van der Waals surface area contributed by atoms with Crippen molar-refractivity contribution in [3.63, 3.8) is 0 Å². The standard InChI is InChI=1S/C13H8N2O2S.C7H6O2/c16-15(17)10-6-7-12-11(8-10)14-13(18-12)9-4-2-1-3-5-9;8-7(9)6-4-2-1-3-5-6/h1-8H;1-5H,(H,8,9). The Morgan fingerprint density at radius 2 is 1.59 bits per heavy atom. The molecular formula is C20H14N2O4S. The molecule has 0 bridgehead atoms. The second kappa shape index (κ2) is 8.20. The first kappa shape index (κ1) is 18.2. The summed E-state index contributed by atoms with van der Waals surface area (Å²) in [7, 11) is 0. The van der Waals surface area contributed by atoms with E-state index in [2.05, 4.69) is 4.98 Å². The van der Waals surface area contributed by atoms with Crippen LogP contribution in [-0.4, -0.2) is 21.0 Å². The maximum Gasteiger partial charge on any atom is 0.335 e. The molecular weight excluding hydrogens is 364 g/mol. The minimum Gasteiger partial charge on any atom is -0.478 e. The maximum atomic E-state index is 10.7. The topological polar surface area (TPSA) is 93.3 Å². The van der Waals surface area contributed by atoms with Crippen LogP contribution in [-0.2, 0) is 0 Å². The molecule has 0 unspecified atom stereocenters. The third-order valence-corrected chi connectivity index (χ3v) is 4.71. The maximum absolute atomic E-state index is 10.7. The fraction of sp³-hybridized carbons (Fsp3) is 0. The molecule has 3 aromatic carbocycles. The van der Waals surface area contributed by atoms with Gasteiger partial charge >= 0.3 is 5.97 Å². The summed E-state index contributed by atoms with van der Waals surface area (Å²) in [5, 5.41) is 20.0. The van der Waals surface area contributed by atoms with Gasteiger partial charge in [0.15, 0.2) is 0 Å². The molecule has 134 valence electrons. The molecule has 0 aliphatic carbocycles. The lowest BCUT2D eigenvalue weighted by Gasteiger charge is -1.92. The number of nitro benzene ring substituents is 1. The Kier molecular flexibility index (Phi) is 5.53. The Hall–Kier alpha value is -3.58. The molecule has 0 spiro atoms. The number of hydrogen-bond donors (Lipinski definition) is 1. The number of rotatable bonds is 3. The quantitative estimate of drug-likeness (QED) is 0.388. The van der Waals surface area contributed by atoms with Crippen molar-refractivity contribution in [1.29, 1.82) is 0 Å². The number of carbonyl (C=O) groups is 1. The average Bonchev–Trinajstić information content (AvgIpc) is 3.13. The van der Waals surface area contributed by atoms with Gasteiger partial charge in [-0.05, 0) is 18.2 Å². The minimum atomic E-state index is -0.879. The molecule has 0 saturated carbocycles. The van der Waals surface area contributed by atoms with Crippen molar-refractivity contribution in [1.82, 2.24) is 4.98 Å². The van der Waals surface area contributed by atoms with E-state index in [0.29, 0.717) is 11.1 Å². The first-order valence-electron chi connectivity index (χ1n) is 7.93. The summed E-state index contributed by atoms with van der Waals surface area (Å²) in [6, 6.07) is 22.9. The summed E-state index contributed by atoms with van der Waals surface area (Å²) >= 11 is 1.54.